The quantitative estimate of drug-likeness (QED) is 0.384. The first-order chi connectivity index (χ1) is 17.3. The second-order valence-electron chi connectivity index (χ2n) is 8.45. The Kier molecular flexibility index (Phi) is 8.23. The van der Waals surface area contributed by atoms with Crippen LogP contribution in [0.2, 0.25) is 10.0 Å². The molecule has 4 atom stereocenters. The van der Waals surface area contributed by atoms with E-state index in [0.29, 0.717) is 21.8 Å². The number of hydrogen-bond donors (Lipinski definition) is 3. The molecule has 0 bridgehead atoms. The van der Waals surface area contributed by atoms with Crippen LogP contribution < -0.4 is 5.48 Å². The summed E-state index contributed by atoms with van der Waals surface area (Å²) in [5, 5.41) is 21.2. The Morgan fingerprint density at radius 1 is 1.14 bits per heavy atom. The van der Waals surface area contributed by atoms with Crippen LogP contribution >= 0.6 is 23.2 Å². The highest BCUT2D eigenvalue weighted by atomic mass is 35.5. The first-order valence-electron chi connectivity index (χ1n) is 11.3. The summed E-state index contributed by atoms with van der Waals surface area (Å²) in [5.74, 6) is -1.96. The molecule has 3 aromatic rings. The van der Waals surface area contributed by atoms with Crippen LogP contribution in [0.15, 0.2) is 66.9 Å². The van der Waals surface area contributed by atoms with Crippen molar-refractivity contribution in [3.63, 3.8) is 0 Å². The zero-order valence-corrected chi connectivity index (χ0v) is 20.9. The van der Waals surface area contributed by atoms with Gasteiger partial charge >= 0.3 is 0 Å². The lowest BCUT2D eigenvalue weighted by Crippen LogP contribution is -2.55. The van der Waals surface area contributed by atoms with E-state index in [1.165, 1.54) is 17.9 Å². The molecule has 0 unspecified atom stereocenters. The molecule has 8 nitrogen and oxygen atoms in total. The molecule has 2 heterocycles. The van der Waals surface area contributed by atoms with Gasteiger partial charge in [0, 0.05) is 21.8 Å². The molecule has 0 aliphatic carbocycles. The summed E-state index contributed by atoms with van der Waals surface area (Å²) in [6.07, 6.45) is 0.521. The van der Waals surface area contributed by atoms with Gasteiger partial charge in [-0.05, 0) is 48.4 Å². The van der Waals surface area contributed by atoms with Gasteiger partial charge in [0.15, 0.2) is 0 Å². The van der Waals surface area contributed by atoms with Crippen molar-refractivity contribution in [2.45, 2.75) is 37.6 Å². The molecule has 1 aromatic heterocycles. The lowest BCUT2D eigenvalue weighted by Gasteiger charge is -2.46. The fourth-order valence-electron chi connectivity index (χ4n) is 4.47. The van der Waals surface area contributed by atoms with E-state index >= 15 is 0 Å². The van der Waals surface area contributed by atoms with Gasteiger partial charge in [-0.15, -0.1) is 0 Å². The minimum atomic E-state index is -1.10. The van der Waals surface area contributed by atoms with Gasteiger partial charge in [-0.25, -0.2) is 5.48 Å². The predicted molar refractivity (Wildman–Crippen MR) is 134 cm³/mol. The molecule has 2 amide bonds. The Balaban J connectivity index is 1.80. The van der Waals surface area contributed by atoms with Crippen molar-refractivity contribution in [2.75, 3.05) is 6.61 Å². The summed E-state index contributed by atoms with van der Waals surface area (Å²) >= 11 is 12.7. The molecule has 188 valence electrons. The average Bonchev–Trinajstić information content (AvgIpc) is 2.86. The number of aromatic nitrogens is 1. The fraction of sp³-hybridized carbons (Fsp3) is 0.269. The number of nitrogens with one attached hydrogen (secondary N) is 1. The molecule has 0 radical (unpaired) electrons. The van der Waals surface area contributed by atoms with E-state index in [0.717, 1.165) is 0 Å². The monoisotopic (exact) mass is 529 g/mol. The first-order valence-corrected chi connectivity index (χ1v) is 12.1. The summed E-state index contributed by atoms with van der Waals surface area (Å²) in [6, 6.07) is 14.8. The maximum atomic E-state index is 13.7. The number of nitrogens with zero attached hydrogens (tertiary/aromatic N) is 2. The van der Waals surface area contributed by atoms with Crippen LogP contribution in [0, 0.1) is 0 Å². The van der Waals surface area contributed by atoms with Crippen LogP contribution in [0.4, 0.5) is 0 Å². The Hall–Kier alpha value is -3.01. The van der Waals surface area contributed by atoms with Crippen molar-refractivity contribution in [2.24, 2.45) is 0 Å². The van der Waals surface area contributed by atoms with Crippen molar-refractivity contribution >= 4 is 35.0 Å². The Morgan fingerprint density at radius 2 is 1.89 bits per heavy atom. The van der Waals surface area contributed by atoms with Crippen molar-refractivity contribution in [3.05, 3.63) is 99.3 Å². The number of fused-ring (bicyclic) bond motifs is 1. The molecule has 0 fully saturated rings. The normalized spacial score (nSPS) is 18.9. The van der Waals surface area contributed by atoms with E-state index in [1.54, 1.807) is 60.8 Å². The Bertz CT molecular complexity index is 1240. The highest BCUT2D eigenvalue weighted by Gasteiger charge is 2.48. The lowest BCUT2D eigenvalue weighted by molar-refractivity contribution is -0.138. The first kappa shape index (κ1) is 26.1. The van der Waals surface area contributed by atoms with Crippen LogP contribution in [0.1, 0.15) is 46.1 Å². The highest BCUT2D eigenvalue weighted by molar-refractivity contribution is 6.35. The van der Waals surface area contributed by atoms with Crippen molar-refractivity contribution in [1.82, 2.24) is 15.4 Å². The minimum absolute atomic E-state index is 0.0307. The summed E-state index contributed by atoms with van der Waals surface area (Å²) in [6.45, 7) is 0.973. The largest absolute Gasteiger partial charge is 0.394 e. The maximum absolute atomic E-state index is 13.7. The minimum Gasteiger partial charge on any atom is -0.394 e. The maximum Gasteiger partial charge on any atom is 0.255 e. The van der Waals surface area contributed by atoms with E-state index < -0.39 is 42.5 Å². The van der Waals surface area contributed by atoms with Crippen LogP contribution in [0.25, 0.3) is 0 Å². The summed E-state index contributed by atoms with van der Waals surface area (Å²) in [5.41, 5.74) is 4.29. The topological polar surface area (TPSA) is 112 Å². The fourth-order valence-corrected chi connectivity index (χ4v) is 4.99. The van der Waals surface area contributed by atoms with E-state index in [1.807, 2.05) is 0 Å². The summed E-state index contributed by atoms with van der Waals surface area (Å²) in [4.78, 5) is 38.3. The molecule has 2 aromatic carbocycles. The van der Waals surface area contributed by atoms with Crippen molar-refractivity contribution < 1.29 is 24.6 Å². The van der Waals surface area contributed by atoms with Crippen LogP contribution in [-0.4, -0.2) is 50.7 Å². The second kappa shape index (κ2) is 11.4. The third kappa shape index (κ3) is 5.23. The molecular weight excluding hydrogens is 505 g/mol. The molecule has 0 spiro atoms. The molecule has 36 heavy (non-hydrogen) atoms. The van der Waals surface area contributed by atoms with Gasteiger partial charge in [0.2, 0.25) is 0 Å². The number of halogens is 2. The molecule has 1 aliphatic rings. The van der Waals surface area contributed by atoms with Gasteiger partial charge in [0.1, 0.15) is 6.61 Å². The molecule has 1 aliphatic heterocycles. The van der Waals surface area contributed by atoms with E-state index in [-0.39, 0.29) is 17.2 Å². The molecule has 3 N–H and O–H groups in total. The SMILES string of the molecule is C[C@@H](O)[C@@H](CO)N1C(=O)c2ccccc2[C@H](C(=O)NOCc2ccccn2)[C@H]1c1ccc(Cl)cc1Cl. The summed E-state index contributed by atoms with van der Waals surface area (Å²) in [7, 11) is 0. The zero-order valence-electron chi connectivity index (χ0n) is 19.3. The molecular formula is C26H25Cl2N3O5. The molecule has 0 saturated carbocycles. The van der Waals surface area contributed by atoms with Gasteiger partial charge in [0.05, 0.1) is 36.4 Å². The highest BCUT2D eigenvalue weighted by Crippen LogP contribution is 2.46. The van der Waals surface area contributed by atoms with Crippen LogP contribution in [0.3, 0.4) is 0 Å². The second-order valence-corrected chi connectivity index (χ2v) is 9.30. The van der Waals surface area contributed by atoms with Crippen LogP contribution in [-0.2, 0) is 16.2 Å². The number of benzene rings is 2. The smallest absolute Gasteiger partial charge is 0.255 e. The number of carbonyl (C=O) groups is 2. The standard InChI is InChI=1S/C26H25Cl2N3O5/c1-15(33)22(13-32)31-24(20-10-9-16(27)12-21(20)28)23(18-7-2-3-8-19(18)26(31)35)25(34)30-36-14-17-6-4-5-11-29-17/h2-12,15,22-24,32-33H,13-14H2,1H3,(H,30,34)/t15-,22-,23+,24-/m1/s1. The number of hydroxylamine groups is 1. The van der Waals surface area contributed by atoms with Gasteiger partial charge in [-0.1, -0.05) is 53.5 Å². The zero-order chi connectivity index (χ0) is 25.8. The number of hydrogen-bond acceptors (Lipinski definition) is 6. The number of carbonyl (C=O) groups excluding carboxylic acids is 2. The predicted octanol–water partition coefficient (Wildman–Crippen LogP) is 3.66. The Labute approximate surface area is 218 Å². The molecule has 4 rings (SSSR count). The third-order valence-corrected chi connectivity index (χ3v) is 6.72. The molecule has 10 heteroatoms. The van der Waals surface area contributed by atoms with Gasteiger partial charge < -0.3 is 15.1 Å². The molecule has 0 saturated heterocycles. The number of pyridine rings is 1. The van der Waals surface area contributed by atoms with Gasteiger partial charge in [-0.3, -0.25) is 19.4 Å². The average molecular weight is 530 g/mol. The van der Waals surface area contributed by atoms with Crippen LogP contribution in [0.5, 0.6) is 0 Å². The van der Waals surface area contributed by atoms with Gasteiger partial charge in [0.25, 0.3) is 11.8 Å². The summed E-state index contributed by atoms with van der Waals surface area (Å²) < 4.78 is 0. The number of aliphatic hydroxyl groups excluding tert-OH is 2. The lowest BCUT2D eigenvalue weighted by atomic mass is 9.78. The van der Waals surface area contributed by atoms with Crippen molar-refractivity contribution in [1.29, 1.82) is 0 Å². The number of rotatable bonds is 8. The van der Waals surface area contributed by atoms with Crippen molar-refractivity contribution in [3.8, 4) is 0 Å². The third-order valence-electron chi connectivity index (χ3n) is 6.16. The number of amides is 2. The Morgan fingerprint density at radius 3 is 2.56 bits per heavy atom. The number of aliphatic hydroxyl groups is 2. The van der Waals surface area contributed by atoms with E-state index in [2.05, 4.69) is 10.5 Å². The van der Waals surface area contributed by atoms with Gasteiger partial charge in [-0.2, -0.15) is 0 Å². The van der Waals surface area contributed by atoms with E-state index in [4.69, 9.17) is 28.0 Å². The van der Waals surface area contributed by atoms with E-state index in [9.17, 15) is 19.8 Å².